The first-order valence-electron chi connectivity index (χ1n) is 9.38. The molecule has 0 bridgehead atoms. The van der Waals surface area contributed by atoms with Crippen molar-refractivity contribution < 1.29 is 14.3 Å². The molecule has 1 aliphatic heterocycles. The van der Waals surface area contributed by atoms with Crippen LogP contribution in [0.3, 0.4) is 0 Å². The minimum Gasteiger partial charge on any atom is -0.489 e. The number of hydrogen-bond acceptors (Lipinski definition) is 5. The molecule has 8 heteroatoms. The highest BCUT2D eigenvalue weighted by Gasteiger charge is 2.27. The second kappa shape index (κ2) is 8.33. The summed E-state index contributed by atoms with van der Waals surface area (Å²) in [6.45, 7) is 3.67. The van der Waals surface area contributed by atoms with E-state index in [-0.39, 0.29) is 17.9 Å². The summed E-state index contributed by atoms with van der Waals surface area (Å²) in [4.78, 5) is 32.5. The fraction of sp³-hybridized carbons (Fsp3) is 0.450. The SMILES string of the molecule is CCn1ccnc1CNC(=O)C[C@@H]1COc2ccc(C(=O)N(C)C)cc2N1C. The number of aryl methyl sites for hydroxylation is 1. The first-order chi connectivity index (χ1) is 13.4. The highest BCUT2D eigenvalue weighted by atomic mass is 16.5. The van der Waals surface area contributed by atoms with Crippen LogP contribution in [-0.2, 0) is 17.9 Å². The van der Waals surface area contributed by atoms with E-state index >= 15 is 0 Å². The molecule has 3 rings (SSSR count). The van der Waals surface area contributed by atoms with Crippen LogP contribution in [0.1, 0.15) is 29.5 Å². The van der Waals surface area contributed by atoms with Crippen molar-refractivity contribution in [1.82, 2.24) is 19.8 Å². The quantitative estimate of drug-likeness (QED) is 0.815. The number of rotatable bonds is 6. The van der Waals surface area contributed by atoms with Gasteiger partial charge >= 0.3 is 0 Å². The molecule has 1 aliphatic rings. The molecule has 0 aliphatic carbocycles. The lowest BCUT2D eigenvalue weighted by molar-refractivity contribution is -0.121. The van der Waals surface area contributed by atoms with Gasteiger partial charge in [-0.25, -0.2) is 4.98 Å². The third-order valence-electron chi connectivity index (χ3n) is 4.98. The first kappa shape index (κ1) is 19.7. The molecule has 1 atom stereocenters. The molecule has 8 nitrogen and oxygen atoms in total. The molecule has 28 heavy (non-hydrogen) atoms. The first-order valence-corrected chi connectivity index (χ1v) is 9.38. The molecule has 2 amide bonds. The summed E-state index contributed by atoms with van der Waals surface area (Å²) in [6.07, 6.45) is 3.93. The summed E-state index contributed by atoms with van der Waals surface area (Å²) in [7, 11) is 5.37. The number of amides is 2. The monoisotopic (exact) mass is 385 g/mol. The third-order valence-corrected chi connectivity index (χ3v) is 4.98. The Labute approximate surface area is 165 Å². The Balaban J connectivity index is 1.64. The van der Waals surface area contributed by atoms with Crippen molar-refractivity contribution in [2.24, 2.45) is 0 Å². The van der Waals surface area contributed by atoms with Crippen LogP contribution < -0.4 is 15.0 Å². The summed E-state index contributed by atoms with van der Waals surface area (Å²) in [5.74, 6) is 1.43. The van der Waals surface area contributed by atoms with Crippen LogP contribution in [0.2, 0.25) is 0 Å². The van der Waals surface area contributed by atoms with E-state index in [0.717, 1.165) is 23.8 Å². The number of nitrogens with one attached hydrogen (secondary N) is 1. The highest BCUT2D eigenvalue weighted by molar-refractivity contribution is 5.95. The van der Waals surface area contributed by atoms with Gasteiger partial charge in [-0.1, -0.05) is 0 Å². The minimum absolute atomic E-state index is 0.0601. The molecule has 150 valence electrons. The average molecular weight is 385 g/mol. The molecule has 2 aromatic rings. The van der Waals surface area contributed by atoms with Gasteiger partial charge in [0, 0.05) is 45.6 Å². The van der Waals surface area contributed by atoms with Crippen LogP contribution >= 0.6 is 0 Å². The number of likely N-dealkylation sites (N-methyl/N-ethyl adjacent to an activating group) is 1. The summed E-state index contributed by atoms with van der Waals surface area (Å²) in [5, 5.41) is 2.93. The average Bonchev–Trinajstić information content (AvgIpc) is 3.15. The molecule has 0 unspecified atom stereocenters. The molecule has 1 N–H and O–H groups in total. The molecule has 0 radical (unpaired) electrons. The van der Waals surface area contributed by atoms with Crippen LogP contribution in [0.4, 0.5) is 5.69 Å². The van der Waals surface area contributed by atoms with Crippen LogP contribution in [0.5, 0.6) is 5.75 Å². The Bertz CT molecular complexity index is 861. The number of carbonyl (C=O) groups is 2. The van der Waals surface area contributed by atoms with Gasteiger partial charge in [-0.05, 0) is 25.1 Å². The van der Waals surface area contributed by atoms with Crippen LogP contribution in [-0.4, -0.2) is 60.1 Å². The highest BCUT2D eigenvalue weighted by Crippen LogP contribution is 2.34. The number of hydrogen-bond donors (Lipinski definition) is 1. The molecular formula is C20H27N5O3. The minimum atomic E-state index is -0.108. The van der Waals surface area contributed by atoms with Crippen LogP contribution in [0, 0.1) is 0 Å². The molecule has 1 aromatic carbocycles. The van der Waals surface area contributed by atoms with Crippen molar-refractivity contribution >= 4 is 17.5 Å². The van der Waals surface area contributed by atoms with Crippen molar-refractivity contribution in [2.75, 3.05) is 32.6 Å². The smallest absolute Gasteiger partial charge is 0.253 e. The van der Waals surface area contributed by atoms with Crippen molar-refractivity contribution in [3.8, 4) is 5.75 Å². The number of imidazole rings is 1. The maximum atomic E-state index is 12.4. The lowest BCUT2D eigenvalue weighted by Gasteiger charge is -2.35. The van der Waals surface area contributed by atoms with Crippen molar-refractivity contribution in [2.45, 2.75) is 32.5 Å². The van der Waals surface area contributed by atoms with Gasteiger partial charge in [0.05, 0.1) is 24.7 Å². The number of aromatic nitrogens is 2. The van der Waals surface area contributed by atoms with Gasteiger partial charge in [0.15, 0.2) is 0 Å². The number of carbonyl (C=O) groups excluding carboxylic acids is 2. The number of ether oxygens (including phenoxy) is 1. The van der Waals surface area contributed by atoms with E-state index < -0.39 is 0 Å². The van der Waals surface area contributed by atoms with E-state index in [2.05, 4.69) is 10.3 Å². The van der Waals surface area contributed by atoms with E-state index in [1.165, 1.54) is 4.90 Å². The van der Waals surface area contributed by atoms with E-state index in [1.54, 1.807) is 26.4 Å². The summed E-state index contributed by atoms with van der Waals surface area (Å²) in [6, 6.07) is 5.28. The Kier molecular flexibility index (Phi) is 5.87. The van der Waals surface area contributed by atoms with Crippen molar-refractivity contribution in [3.63, 3.8) is 0 Å². The Morgan fingerprint density at radius 2 is 2.14 bits per heavy atom. The molecule has 2 heterocycles. The van der Waals surface area contributed by atoms with Gasteiger partial charge in [0.25, 0.3) is 5.91 Å². The maximum Gasteiger partial charge on any atom is 0.253 e. The molecular weight excluding hydrogens is 358 g/mol. The van der Waals surface area contributed by atoms with Crippen molar-refractivity contribution in [1.29, 1.82) is 0 Å². The third kappa shape index (κ3) is 4.11. The normalized spacial score (nSPS) is 15.6. The number of nitrogens with zero attached hydrogens (tertiary/aromatic N) is 4. The van der Waals surface area contributed by atoms with E-state index in [0.29, 0.717) is 25.1 Å². The standard InChI is InChI=1S/C20H27N5O3/c1-5-25-9-8-21-18(25)12-22-19(26)11-15-13-28-17-7-6-14(20(27)23(2)3)10-16(17)24(15)4/h6-10,15H,5,11-13H2,1-4H3,(H,22,26)/t15-/m1/s1. The molecule has 0 saturated heterocycles. The van der Waals surface area contributed by atoms with Crippen LogP contribution in [0.25, 0.3) is 0 Å². The summed E-state index contributed by atoms with van der Waals surface area (Å²) in [5.41, 5.74) is 1.41. The topological polar surface area (TPSA) is 79.7 Å². The summed E-state index contributed by atoms with van der Waals surface area (Å²) < 4.78 is 7.82. The predicted molar refractivity (Wildman–Crippen MR) is 107 cm³/mol. The molecule has 0 saturated carbocycles. The van der Waals surface area contributed by atoms with Gasteiger partial charge in [-0.3, -0.25) is 9.59 Å². The fourth-order valence-corrected chi connectivity index (χ4v) is 3.26. The lowest BCUT2D eigenvalue weighted by atomic mass is 10.1. The number of anilines is 1. The zero-order valence-electron chi connectivity index (χ0n) is 16.8. The lowest BCUT2D eigenvalue weighted by Crippen LogP contribution is -2.44. The van der Waals surface area contributed by atoms with Crippen molar-refractivity contribution in [3.05, 3.63) is 42.0 Å². The van der Waals surface area contributed by atoms with Gasteiger partial charge in [-0.15, -0.1) is 0 Å². The predicted octanol–water partition coefficient (Wildman–Crippen LogP) is 1.51. The van der Waals surface area contributed by atoms with E-state index in [4.69, 9.17) is 4.74 Å². The second-order valence-corrected chi connectivity index (χ2v) is 7.07. The number of benzene rings is 1. The van der Waals surface area contributed by atoms with Gasteiger partial charge in [0.1, 0.15) is 18.2 Å². The Hall–Kier alpha value is -3.03. The zero-order valence-corrected chi connectivity index (χ0v) is 16.8. The molecule has 0 spiro atoms. The van der Waals surface area contributed by atoms with E-state index in [9.17, 15) is 9.59 Å². The summed E-state index contributed by atoms with van der Waals surface area (Å²) >= 11 is 0. The van der Waals surface area contributed by atoms with Gasteiger partial charge in [-0.2, -0.15) is 0 Å². The van der Waals surface area contributed by atoms with Gasteiger partial charge < -0.3 is 24.4 Å². The fourth-order valence-electron chi connectivity index (χ4n) is 3.26. The molecule has 0 fully saturated rings. The largest absolute Gasteiger partial charge is 0.489 e. The molecule has 1 aromatic heterocycles. The zero-order chi connectivity index (χ0) is 20.3. The maximum absolute atomic E-state index is 12.4. The van der Waals surface area contributed by atoms with E-state index in [1.807, 2.05) is 41.8 Å². The second-order valence-electron chi connectivity index (χ2n) is 7.07. The number of fused-ring (bicyclic) bond motifs is 1. The Morgan fingerprint density at radius 3 is 2.86 bits per heavy atom. The van der Waals surface area contributed by atoms with Crippen LogP contribution in [0.15, 0.2) is 30.6 Å². The Morgan fingerprint density at radius 1 is 1.36 bits per heavy atom. The van der Waals surface area contributed by atoms with Gasteiger partial charge in [0.2, 0.25) is 5.91 Å².